The van der Waals surface area contributed by atoms with Crippen molar-refractivity contribution in [3.8, 4) is 11.5 Å². The van der Waals surface area contributed by atoms with Gasteiger partial charge in [0.05, 0.1) is 26.2 Å². The summed E-state index contributed by atoms with van der Waals surface area (Å²) in [7, 11) is -5.20. The maximum absolute atomic E-state index is 13.7. The fourth-order valence-corrected chi connectivity index (χ4v) is 8.42. The zero-order valence-electron chi connectivity index (χ0n) is 38.5. The molecule has 15 nitrogen and oxygen atoms in total. The molecule has 2 aromatic rings. The van der Waals surface area contributed by atoms with Crippen LogP contribution in [0.4, 0.5) is 0 Å². The van der Waals surface area contributed by atoms with E-state index in [9.17, 15) is 37.6 Å². The van der Waals surface area contributed by atoms with Gasteiger partial charge in [-0.05, 0) is 87.1 Å². The number of amides is 1. The van der Waals surface area contributed by atoms with E-state index in [2.05, 4.69) is 12.2 Å². The Morgan fingerprint density at radius 1 is 0.682 bits per heavy atom. The molecule has 0 aliphatic carbocycles. The van der Waals surface area contributed by atoms with Crippen molar-refractivity contribution in [3.05, 3.63) is 58.6 Å². The van der Waals surface area contributed by atoms with Crippen LogP contribution in [0.1, 0.15) is 155 Å². The highest BCUT2D eigenvalue weighted by Gasteiger charge is 2.50. The van der Waals surface area contributed by atoms with Gasteiger partial charge < -0.3 is 39.2 Å². The third-order valence-corrected chi connectivity index (χ3v) is 12.2. The van der Waals surface area contributed by atoms with Crippen molar-refractivity contribution >= 4 is 51.4 Å². The van der Waals surface area contributed by atoms with Gasteiger partial charge in [0.25, 0.3) is 0 Å². The quantitative estimate of drug-likeness (QED) is 0.0284. The first-order valence-electron chi connectivity index (χ1n) is 23.8. The molecular weight excluding hydrogens is 917 g/mol. The Labute approximate surface area is 401 Å². The van der Waals surface area contributed by atoms with E-state index in [1.54, 1.807) is 36.4 Å². The highest BCUT2D eigenvalue weighted by molar-refractivity contribution is 7.80. The minimum atomic E-state index is -5.20. The summed E-state index contributed by atoms with van der Waals surface area (Å²) in [6, 6.07) is 12.7. The monoisotopic (exact) mass is 989 g/mol. The van der Waals surface area contributed by atoms with Crippen molar-refractivity contribution in [2.24, 2.45) is 0 Å². The van der Waals surface area contributed by atoms with Crippen molar-refractivity contribution in [3.63, 3.8) is 0 Å². The van der Waals surface area contributed by atoms with Crippen LogP contribution in [0.15, 0.2) is 48.5 Å². The average Bonchev–Trinajstić information content (AvgIpc) is 3.27. The van der Waals surface area contributed by atoms with E-state index in [1.165, 1.54) is 25.7 Å². The topological polar surface area (TPSA) is 213 Å². The van der Waals surface area contributed by atoms with Crippen LogP contribution in [-0.2, 0) is 43.2 Å². The number of hydrogen-bond donors (Lipinski definition) is 4. The molecule has 1 aliphatic heterocycles. The number of esters is 2. The van der Waals surface area contributed by atoms with Crippen molar-refractivity contribution in [1.82, 2.24) is 5.32 Å². The molecule has 0 spiro atoms. The van der Waals surface area contributed by atoms with E-state index in [1.807, 2.05) is 12.1 Å². The van der Waals surface area contributed by atoms with Crippen LogP contribution < -0.4 is 14.8 Å². The molecule has 0 saturated carbocycles. The van der Waals surface area contributed by atoms with Gasteiger partial charge in [0, 0.05) is 22.9 Å². The second-order valence-electron chi connectivity index (χ2n) is 16.9. The van der Waals surface area contributed by atoms with E-state index < -0.39 is 71.6 Å². The SMILES string of the molecule is CCCCCCCCCCC[C@@H](CC(=O)N[C@H]1C(O)O[C@H](CO)[C@@H](OS(=O)(=O)O)[C@@H]1OC(=O)CCCCCCCOc1ccc(Cl)cc1)OC(=O)CCCCCCCOc1ccc(Cl)cc1. The predicted octanol–water partition coefficient (Wildman–Crippen LogP) is 9.65. The van der Waals surface area contributed by atoms with Crippen molar-refractivity contribution < 1.29 is 65.4 Å². The fraction of sp³-hybridized carbons (Fsp3) is 0.688. The average molecular weight is 991 g/mol. The normalized spacial score (nSPS) is 18.9. The third kappa shape index (κ3) is 25.2. The van der Waals surface area contributed by atoms with E-state index in [4.69, 9.17) is 51.1 Å². The van der Waals surface area contributed by atoms with Gasteiger partial charge in [0.1, 0.15) is 35.9 Å². The molecule has 4 N–H and O–H groups in total. The van der Waals surface area contributed by atoms with Crippen LogP contribution in [0, 0.1) is 0 Å². The van der Waals surface area contributed by atoms with Crippen LogP contribution in [0.5, 0.6) is 11.5 Å². The number of benzene rings is 2. The molecule has 1 amide bonds. The lowest BCUT2D eigenvalue weighted by molar-refractivity contribution is -0.254. The Kier molecular flexibility index (Phi) is 28.8. The molecule has 1 heterocycles. The number of nitrogens with one attached hydrogen (secondary N) is 1. The number of halogens is 2. The van der Waals surface area contributed by atoms with Crippen LogP contribution in [0.3, 0.4) is 0 Å². The first-order chi connectivity index (χ1) is 31.8. The van der Waals surface area contributed by atoms with Gasteiger partial charge in [-0.3, -0.25) is 18.9 Å². The molecule has 2 aromatic carbocycles. The van der Waals surface area contributed by atoms with Crippen LogP contribution >= 0.6 is 23.2 Å². The van der Waals surface area contributed by atoms with E-state index >= 15 is 0 Å². The highest BCUT2D eigenvalue weighted by Crippen LogP contribution is 2.28. The zero-order chi connectivity index (χ0) is 48.0. The van der Waals surface area contributed by atoms with Gasteiger partial charge in [0.15, 0.2) is 12.4 Å². The number of ether oxygens (including phenoxy) is 5. The summed E-state index contributed by atoms with van der Waals surface area (Å²) in [6.07, 6.45) is 9.60. The fourth-order valence-electron chi connectivity index (χ4n) is 7.65. The van der Waals surface area contributed by atoms with Gasteiger partial charge in [-0.2, -0.15) is 8.42 Å². The Hall–Kier alpha value is -3.22. The summed E-state index contributed by atoms with van der Waals surface area (Å²) < 4.78 is 66.7. The molecule has 0 aromatic heterocycles. The minimum Gasteiger partial charge on any atom is -0.494 e. The standard InChI is InChI=1S/C48H73Cl2NO14S/c1-2-3-4-5-6-7-8-11-16-21-40(62-43(54)22-17-12-9-14-19-32-60-38-28-24-36(49)25-29-38)34-42(53)51-45-47(46(65-66(57,58)59)41(35-52)63-48(45)56)64-44(55)23-18-13-10-15-20-33-61-39-30-26-37(50)27-31-39/h24-31,40-41,45-48,52,56H,2-23,32-35H2,1H3,(H,51,53)(H,57,58,59)/t40-,41+,45+,46+,47+,48?/m0/s1. The summed E-state index contributed by atoms with van der Waals surface area (Å²) in [5.41, 5.74) is 0. The number of aliphatic hydroxyl groups is 2. The van der Waals surface area contributed by atoms with E-state index in [0.717, 1.165) is 76.4 Å². The lowest BCUT2D eigenvalue weighted by atomic mass is 9.96. The van der Waals surface area contributed by atoms with E-state index in [0.29, 0.717) is 61.1 Å². The molecule has 1 aliphatic rings. The van der Waals surface area contributed by atoms with Crippen LogP contribution in [-0.4, -0.2) is 97.6 Å². The summed E-state index contributed by atoms with van der Waals surface area (Å²) in [5, 5.41) is 24.9. The zero-order valence-corrected chi connectivity index (χ0v) is 40.8. The van der Waals surface area contributed by atoms with Gasteiger partial charge in [-0.1, -0.05) is 120 Å². The number of hydrogen-bond acceptors (Lipinski definition) is 13. The van der Waals surface area contributed by atoms with Crippen LogP contribution in [0.25, 0.3) is 0 Å². The molecule has 6 atom stereocenters. The molecule has 1 unspecified atom stereocenters. The summed E-state index contributed by atoms with van der Waals surface area (Å²) >= 11 is 11.8. The molecule has 1 saturated heterocycles. The minimum absolute atomic E-state index is 0.0900. The predicted molar refractivity (Wildman–Crippen MR) is 252 cm³/mol. The lowest BCUT2D eigenvalue weighted by Gasteiger charge is -2.43. The highest BCUT2D eigenvalue weighted by atomic mass is 35.5. The molecule has 0 bridgehead atoms. The maximum Gasteiger partial charge on any atom is 0.397 e. The second-order valence-corrected chi connectivity index (χ2v) is 18.8. The Bertz CT molecular complexity index is 1750. The maximum atomic E-state index is 13.7. The third-order valence-electron chi connectivity index (χ3n) is 11.2. The van der Waals surface area contributed by atoms with Gasteiger partial charge in [-0.15, -0.1) is 0 Å². The second kappa shape index (κ2) is 33.3. The first kappa shape index (κ1) is 57.1. The smallest absolute Gasteiger partial charge is 0.397 e. The van der Waals surface area contributed by atoms with Crippen molar-refractivity contribution in [1.29, 1.82) is 0 Å². The molecule has 66 heavy (non-hydrogen) atoms. The lowest BCUT2D eigenvalue weighted by Crippen LogP contribution is -2.66. The Morgan fingerprint density at radius 3 is 1.65 bits per heavy atom. The summed E-state index contributed by atoms with van der Waals surface area (Å²) in [5.74, 6) is -0.460. The van der Waals surface area contributed by atoms with E-state index in [-0.39, 0.29) is 19.3 Å². The molecule has 3 rings (SSSR count). The molecular formula is C48H73Cl2NO14S. The Morgan fingerprint density at radius 2 is 1.15 bits per heavy atom. The number of aliphatic hydroxyl groups excluding tert-OH is 2. The van der Waals surface area contributed by atoms with Crippen LogP contribution in [0.2, 0.25) is 10.0 Å². The van der Waals surface area contributed by atoms with Gasteiger partial charge in [-0.25, -0.2) is 4.18 Å². The summed E-state index contributed by atoms with van der Waals surface area (Å²) in [6.45, 7) is 2.38. The summed E-state index contributed by atoms with van der Waals surface area (Å²) in [4.78, 5) is 39.9. The van der Waals surface area contributed by atoms with Gasteiger partial charge in [0.2, 0.25) is 5.91 Å². The molecule has 18 heteroatoms. The molecule has 0 radical (unpaired) electrons. The number of rotatable bonds is 36. The Balaban J connectivity index is 1.55. The number of carbonyl (C=O) groups excluding carboxylic acids is 3. The first-order valence-corrected chi connectivity index (χ1v) is 25.9. The largest absolute Gasteiger partial charge is 0.494 e. The van der Waals surface area contributed by atoms with Crippen molar-refractivity contribution in [2.45, 2.75) is 191 Å². The molecule has 374 valence electrons. The van der Waals surface area contributed by atoms with Gasteiger partial charge >= 0.3 is 22.3 Å². The molecule has 1 fully saturated rings. The number of carbonyl (C=O) groups is 3. The number of unbranched alkanes of at least 4 members (excludes halogenated alkanes) is 16. The van der Waals surface area contributed by atoms with Crippen molar-refractivity contribution in [2.75, 3.05) is 19.8 Å².